The summed E-state index contributed by atoms with van der Waals surface area (Å²) in [6.45, 7) is 1.23. The highest BCUT2D eigenvalue weighted by atomic mass is 35.5. The number of amides is 1. The molecule has 1 amide bonds. The van der Waals surface area contributed by atoms with Crippen molar-refractivity contribution in [1.82, 2.24) is 14.8 Å². The summed E-state index contributed by atoms with van der Waals surface area (Å²) in [6, 6.07) is 12.5. The van der Waals surface area contributed by atoms with E-state index in [1.165, 1.54) is 11.8 Å². The van der Waals surface area contributed by atoms with E-state index in [1.807, 2.05) is 22.8 Å². The molecule has 30 heavy (non-hydrogen) atoms. The monoisotopic (exact) mass is 484 g/mol. The second kappa shape index (κ2) is 11.0. The zero-order valence-electron chi connectivity index (χ0n) is 16.1. The Morgan fingerprint density at radius 3 is 2.63 bits per heavy atom. The van der Waals surface area contributed by atoms with Crippen LogP contribution in [0.1, 0.15) is 6.42 Å². The molecule has 0 aliphatic carbocycles. The molecule has 0 atom stereocenters. The fraction of sp³-hybridized carbons (Fsp3) is 0.250. The summed E-state index contributed by atoms with van der Waals surface area (Å²) in [5.41, 5.74) is 1.25. The molecule has 3 rings (SSSR count). The van der Waals surface area contributed by atoms with Gasteiger partial charge in [-0.1, -0.05) is 64.8 Å². The molecule has 158 valence electrons. The first-order valence-electron chi connectivity index (χ1n) is 9.05. The second-order valence-electron chi connectivity index (χ2n) is 6.22. The van der Waals surface area contributed by atoms with Crippen LogP contribution in [0.15, 0.2) is 47.6 Å². The van der Waals surface area contributed by atoms with Crippen LogP contribution in [0.25, 0.3) is 11.4 Å². The molecule has 6 nitrogen and oxygen atoms in total. The number of nitrogens with one attached hydrogen (secondary N) is 1. The quantitative estimate of drug-likeness (QED) is 0.312. The average molecular weight is 486 g/mol. The molecule has 0 unspecified atom stereocenters. The first-order valence-corrected chi connectivity index (χ1v) is 11.2. The van der Waals surface area contributed by atoms with Crippen LogP contribution < -0.4 is 5.32 Å². The molecule has 0 aliphatic heterocycles. The maximum Gasteiger partial charge on any atom is 0.234 e. The average Bonchev–Trinajstić information content (AvgIpc) is 3.13. The summed E-state index contributed by atoms with van der Waals surface area (Å²) in [5.74, 6) is 0.556. The van der Waals surface area contributed by atoms with Gasteiger partial charge in [-0.15, -0.1) is 10.2 Å². The number of thioether (sulfide) groups is 1. The molecule has 1 aromatic heterocycles. The fourth-order valence-corrected chi connectivity index (χ4v) is 4.06. The molecular formula is C20H19Cl3N4O2S. The third kappa shape index (κ3) is 5.68. The Hall–Kier alpha value is -1.77. The van der Waals surface area contributed by atoms with Gasteiger partial charge in [-0.3, -0.25) is 4.79 Å². The summed E-state index contributed by atoms with van der Waals surface area (Å²) in [6.07, 6.45) is 0.768. The Morgan fingerprint density at radius 2 is 1.87 bits per heavy atom. The van der Waals surface area contributed by atoms with E-state index in [-0.39, 0.29) is 11.7 Å². The van der Waals surface area contributed by atoms with E-state index < -0.39 is 0 Å². The highest BCUT2D eigenvalue weighted by molar-refractivity contribution is 7.99. The Bertz CT molecular complexity index is 1030. The number of nitrogens with zero attached hydrogens (tertiary/aromatic N) is 3. The minimum Gasteiger partial charge on any atom is -0.385 e. The Morgan fingerprint density at radius 1 is 1.10 bits per heavy atom. The van der Waals surface area contributed by atoms with Gasteiger partial charge >= 0.3 is 0 Å². The number of carbonyl (C=O) groups excluding carboxylic acids is 1. The molecule has 1 N–H and O–H groups in total. The van der Waals surface area contributed by atoms with E-state index in [2.05, 4.69) is 15.5 Å². The number of carbonyl (C=O) groups is 1. The molecule has 10 heteroatoms. The molecule has 0 spiro atoms. The van der Waals surface area contributed by atoms with Crippen LogP contribution in [0.4, 0.5) is 5.69 Å². The van der Waals surface area contributed by atoms with E-state index in [4.69, 9.17) is 39.5 Å². The smallest absolute Gasteiger partial charge is 0.234 e. The minimum absolute atomic E-state index is 0.133. The van der Waals surface area contributed by atoms with Gasteiger partial charge in [-0.2, -0.15) is 0 Å². The lowest BCUT2D eigenvalue weighted by Crippen LogP contribution is -2.15. The molecule has 2 aromatic carbocycles. The molecule has 0 saturated heterocycles. The van der Waals surface area contributed by atoms with Crippen LogP contribution in [0, 0.1) is 0 Å². The van der Waals surface area contributed by atoms with E-state index in [0.29, 0.717) is 44.9 Å². The lowest BCUT2D eigenvalue weighted by molar-refractivity contribution is -0.113. The Labute approximate surface area is 193 Å². The van der Waals surface area contributed by atoms with Crippen LogP contribution in [0.3, 0.4) is 0 Å². The Balaban J connectivity index is 1.75. The van der Waals surface area contributed by atoms with Crippen molar-refractivity contribution >= 4 is 58.2 Å². The third-order valence-electron chi connectivity index (χ3n) is 4.12. The first-order chi connectivity index (χ1) is 14.5. The number of ether oxygens (including phenoxy) is 1. The van der Waals surface area contributed by atoms with E-state index in [1.54, 1.807) is 31.4 Å². The number of benzene rings is 2. The van der Waals surface area contributed by atoms with Crippen molar-refractivity contribution < 1.29 is 9.53 Å². The van der Waals surface area contributed by atoms with Crippen molar-refractivity contribution in [3.63, 3.8) is 0 Å². The Kier molecular flexibility index (Phi) is 8.41. The van der Waals surface area contributed by atoms with Crippen molar-refractivity contribution in [2.75, 3.05) is 24.8 Å². The van der Waals surface area contributed by atoms with Crippen molar-refractivity contribution in [3.05, 3.63) is 57.5 Å². The van der Waals surface area contributed by atoms with Crippen molar-refractivity contribution in [2.24, 2.45) is 0 Å². The van der Waals surface area contributed by atoms with E-state index in [0.717, 1.165) is 12.0 Å². The van der Waals surface area contributed by atoms with Crippen LogP contribution in [0.5, 0.6) is 0 Å². The predicted octanol–water partition coefficient (Wildman–Crippen LogP) is 5.67. The predicted molar refractivity (Wildman–Crippen MR) is 123 cm³/mol. The van der Waals surface area contributed by atoms with Gasteiger partial charge in [0.1, 0.15) is 0 Å². The van der Waals surface area contributed by atoms with Gasteiger partial charge < -0.3 is 14.6 Å². The zero-order chi connectivity index (χ0) is 21.5. The molecule has 0 radical (unpaired) electrons. The topological polar surface area (TPSA) is 69.0 Å². The summed E-state index contributed by atoms with van der Waals surface area (Å²) < 4.78 is 7.11. The van der Waals surface area contributed by atoms with Gasteiger partial charge in [-0.05, 0) is 30.7 Å². The summed E-state index contributed by atoms with van der Waals surface area (Å²) >= 11 is 19.8. The number of rotatable bonds is 9. The van der Waals surface area contributed by atoms with E-state index in [9.17, 15) is 4.79 Å². The minimum atomic E-state index is -0.227. The number of hydrogen-bond acceptors (Lipinski definition) is 5. The molecular weight excluding hydrogens is 467 g/mol. The summed E-state index contributed by atoms with van der Waals surface area (Å²) in [7, 11) is 1.65. The highest BCUT2D eigenvalue weighted by Crippen LogP contribution is 2.31. The van der Waals surface area contributed by atoms with Gasteiger partial charge in [0.25, 0.3) is 0 Å². The standard InChI is InChI=1S/C20H19Cl3N4O2S/c1-29-11-5-10-27-19(13-6-2-3-7-14(13)21)25-26-20(27)30-12-17(28)24-16-9-4-8-15(22)18(16)23/h2-4,6-9H,5,10-12H2,1H3,(H,24,28). The maximum atomic E-state index is 12.4. The zero-order valence-corrected chi connectivity index (χ0v) is 19.2. The normalized spacial score (nSPS) is 10.9. The van der Waals surface area contributed by atoms with Gasteiger partial charge in [0, 0.05) is 25.8 Å². The van der Waals surface area contributed by atoms with Crippen LogP contribution in [0.2, 0.25) is 15.1 Å². The van der Waals surface area contributed by atoms with Gasteiger partial charge in [0.15, 0.2) is 11.0 Å². The summed E-state index contributed by atoms with van der Waals surface area (Å²) in [5, 5.41) is 13.2. The number of halogens is 3. The number of methoxy groups -OCH3 is 1. The number of aromatic nitrogens is 3. The SMILES string of the molecule is COCCCn1c(SCC(=O)Nc2cccc(Cl)c2Cl)nnc1-c1ccccc1Cl. The van der Waals surface area contributed by atoms with Gasteiger partial charge in [0.05, 0.1) is 26.5 Å². The van der Waals surface area contributed by atoms with Crippen LogP contribution in [-0.4, -0.2) is 40.1 Å². The van der Waals surface area contributed by atoms with Crippen molar-refractivity contribution in [1.29, 1.82) is 0 Å². The highest BCUT2D eigenvalue weighted by Gasteiger charge is 2.18. The van der Waals surface area contributed by atoms with Crippen LogP contribution >= 0.6 is 46.6 Å². The molecule has 0 bridgehead atoms. The molecule has 0 saturated carbocycles. The van der Waals surface area contributed by atoms with E-state index >= 15 is 0 Å². The number of anilines is 1. The lowest BCUT2D eigenvalue weighted by Gasteiger charge is -2.11. The maximum absolute atomic E-state index is 12.4. The fourth-order valence-electron chi connectivity index (χ4n) is 2.72. The molecule has 3 aromatic rings. The third-order valence-corrected chi connectivity index (χ3v) is 6.24. The molecule has 1 heterocycles. The lowest BCUT2D eigenvalue weighted by atomic mass is 10.2. The number of hydrogen-bond donors (Lipinski definition) is 1. The largest absolute Gasteiger partial charge is 0.385 e. The van der Waals surface area contributed by atoms with Gasteiger partial charge in [0.2, 0.25) is 5.91 Å². The second-order valence-corrected chi connectivity index (χ2v) is 8.36. The summed E-state index contributed by atoms with van der Waals surface area (Å²) in [4.78, 5) is 12.4. The molecule has 0 aliphatic rings. The first kappa shape index (κ1) is 22.9. The van der Waals surface area contributed by atoms with Crippen molar-refractivity contribution in [2.45, 2.75) is 18.1 Å². The van der Waals surface area contributed by atoms with Crippen molar-refractivity contribution in [3.8, 4) is 11.4 Å². The van der Waals surface area contributed by atoms with Crippen LogP contribution in [-0.2, 0) is 16.1 Å². The molecule has 0 fully saturated rings. The van der Waals surface area contributed by atoms with Gasteiger partial charge in [-0.25, -0.2) is 0 Å².